The summed E-state index contributed by atoms with van der Waals surface area (Å²) in [6, 6.07) is 9.39. The quantitative estimate of drug-likeness (QED) is 0.366. The molecule has 1 aliphatic rings. The molecule has 7 nitrogen and oxygen atoms in total. The van der Waals surface area contributed by atoms with E-state index >= 15 is 0 Å². The molecule has 0 radical (unpaired) electrons. The van der Waals surface area contributed by atoms with Crippen LogP contribution in [-0.4, -0.2) is 30.6 Å². The van der Waals surface area contributed by atoms with Gasteiger partial charge in [-0.1, -0.05) is 31.9 Å². The molecule has 0 aromatic heterocycles. The van der Waals surface area contributed by atoms with Crippen molar-refractivity contribution in [2.45, 2.75) is 58.2 Å². The third kappa shape index (κ3) is 5.23. The number of methoxy groups -OCH3 is 1. The minimum absolute atomic E-state index is 0.247. The molecular formula is C27H28O7. The first kappa shape index (κ1) is 24.8. The van der Waals surface area contributed by atoms with E-state index in [1.54, 1.807) is 12.1 Å². The number of benzene rings is 2. The van der Waals surface area contributed by atoms with E-state index in [-0.39, 0.29) is 16.8 Å². The van der Waals surface area contributed by atoms with Crippen LogP contribution >= 0.6 is 0 Å². The number of ether oxygens (including phenoxy) is 4. The van der Waals surface area contributed by atoms with E-state index in [1.807, 2.05) is 13.8 Å². The lowest BCUT2D eigenvalue weighted by Gasteiger charge is -2.43. The van der Waals surface area contributed by atoms with E-state index < -0.39 is 24.0 Å². The van der Waals surface area contributed by atoms with Gasteiger partial charge in [0.2, 0.25) is 6.10 Å². The molecule has 3 rings (SSSR count). The summed E-state index contributed by atoms with van der Waals surface area (Å²) in [6.07, 6.45) is 5.27. The van der Waals surface area contributed by atoms with Gasteiger partial charge in [-0.15, -0.1) is 6.42 Å². The average molecular weight is 465 g/mol. The van der Waals surface area contributed by atoms with Crippen molar-refractivity contribution >= 4 is 17.9 Å². The van der Waals surface area contributed by atoms with Gasteiger partial charge in [-0.2, -0.15) is 0 Å². The van der Waals surface area contributed by atoms with Gasteiger partial charge in [0.25, 0.3) is 0 Å². The Kier molecular flexibility index (Phi) is 6.74. The fourth-order valence-corrected chi connectivity index (χ4v) is 4.34. The number of esters is 3. The summed E-state index contributed by atoms with van der Waals surface area (Å²) in [7, 11) is 1.20. The molecule has 0 amide bonds. The van der Waals surface area contributed by atoms with Gasteiger partial charge in [0.15, 0.2) is 0 Å². The second-order valence-corrected chi connectivity index (χ2v) is 9.44. The number of terminal acetylenes is 1. The van der Waals surface area contributed by atoms with Gasteiger partial charge in [0.05, 0.1) is 18.2 Å². The van der Waals surface area contributed by atoms with Crippen LogP contribution in [0.2, 0.25) is 0 Å². The van der Waals surface area contributed by atoms with Crippen molar-refractivity contribution in [1.29, 1.82) is 0 Å². The standard InChI is InChI=1S/C27H28O7/c1-8-17-13-19(14-21-22(17)34-27(5,6)15-26(21,3)4)24(29)33-20-11-9-18(10-12-20)23(25(30)31-7)32-16(2)28/h1,9-14,23H,15H2,2-7H3. The highest BCUT2D eigenvalue weighted by Crippen LogP contribution is 2.46. The number of carbonyl (C=O) groups excluding carboxylic acids is 3. The minimum Gasteiger partial charge on any atom is -0.486 e. The van der Waals surface area contributed by atoms with E-state index in [1.165, 1.54) is 38.3 Å². The van der Waals surface area contributed by atoms with Crippen molar-refractivity contribution in [1.82, 2.24) is 0 Å². The largest absolute Gasteiger partial charge is 0.486 e. The Morgan fingerprint density at radius 2 is 1.74 bits per heavy atom. The van der Waals surface area contributed by atoms with Crippen molar-refractivity contribution < 1.29 is 33.3 Å². The highest BCUT2D eigenvalue weighted by atomic mass is 16.6. The predicted octanol–water partition coefficient (Wildman–Crippen LogP) is 4.50. The topological polar surface area (TPSA) is 88.1 Å². The van der Waals surface area contributed by atoms with Gasteiger partial charge in [-0.05, 0) is 49.9 Å². The molecule has 1 atom stereocenters. The summed E-state index contributed by atoms with van der Waals surface area (Å²) in [6.45, 7) is 9.39. The summed E-state index contributed by atoms with van der Waals surface area (Å²) in [5, 5.41) is 0. The zero-order chi connectivity index (χ0) is 25.3. The molecule has 0 bridgehead atoms. The van der Waals surface area contributed by atoms with Gasteiger partial charge in [-0.25, -0.2) is 9.59 Å². The van der Waals surface area contributed by atoms with E-state index in [9.17, 15) is 14.4 Å². The van der Waals surface area contributed by atoms with Crippen molar-refractivity contribution in [2.75, 3.05) is 7.11 Å². The second kappa shape index (κ2) is 9.22. The Balaban J connectivity index is 1.87. The SMILES string of the molecule is C#Cc1cc(C(=O)Oc2ccc(C(OC(C)=O)C(=O)OC)cc2)cc2c1OC(C)(C)CC2(C)C. The molecule has 0 saturated heterocycles. The maximum absolute atomic E-state index is 13.0. The molecule has 178 valence electrons. The predicted molar refractivity (Wildman–Crippen MR) is 125 cm³/mol. The van der Waals surface area contributed by atoms with Crippen LogP contribution in [0, 0.1) is 12.3 Å². The van der Waals surface area contributed by atoms with Gasteiger partial charge < -0.3 is 18.9 Å². The zero-order valence-corrected chi connectivity index (χ0v) is 20.2. The van der Waals surface area contributed by atoms with E-state index in [2.05, 4.69) is 24.5 Å². The minimum atomic E-state index is -1.21. The average Bonchev–Trinajstić information content (AvgIpc) is 2.75. The molecule has 1 heterocycles. The van der Waals surface area contributed by atoms with Crippen molar-refractivity contribution in [3.8, 4) is 23.8 Å². The number of carbonyl (C=O) groups is 3. The summed E-state index contributed by atoms with van der Waals surface area (Å²) in [4.78, 5) is 36.2. The molecule has 7 heteroatoms. The first-order valence-corrected chi connectivity index (χ1v) is 10.8. The Hall–Kier alpha value is -3.79. The maximum atomic E-state index is 13.0. The molecule has 0 saturated carbocycles. The van der Waals surface area contributed by atoms with Crippen LogP contribution in [0.5, 0.6) is 11.5 Å². The fraction of sp³-hybridized carbons (Fsp3) is 0.370. The second-order valence-electron chi connectivity index (χ2n) is 9.44. The van der Waals surface area contributed by atoms with Crippen LogP contribution in [0.25, 0.3) is 0 Å². The van der Waals surface area contributed by atoms with Crippen molar-refractivity contribution in [3.63, 3.8) is 0 Å². The third-order valence-corrected chi connectivity index (χ3v) is 5.55. The molecule has 2 aromatic rings. The third-order valence-electron chi connectivity index (χ3n) is 5.55. The van der Waals surface area contributed by atoms with Gasteiger partial charge in [-0.3, -0.25) is 4.79 Å². The highest BCUT2D eigenvalue weighted by molar-refractivity contribution is 5.92. The Bertz CT molecular complexity index is 1170. The molecular weight excluding hydrogens is 436 g/mol. The number of hydrogen-bond donors (Lipinski definition) is 0. The van der Waals surface area contributed by atoms with Gasteiger partial charge in [0, 0.05) is 18.1 Å². The van der Waals surface area contributed by atoms with Crippen molar-refractivity contribution in [3.05, 3.63) is 58.7 Å². The molecule has 0 fully saturated rings. The monoisotopic (exact) mass is 464 g/mol. The number of fused-ring (bicyclic) bond motifs is 1. The first-order chi connectivity index (χ1) is 15.9. The lowest BCUT2D eigenvalue weighted by molar-refractivity contribution is -0.165. The lowest BCUT2D eigenvalue weighted by Crippen LogP contribution is -2.41. The van der Waals surface area contributed by atoms with Crippen LogP contribution in [0.1, 0.15) is 74.2 Å². The van der Waals surface area contributed by atoms with Gasteiger partial charge in [0.1, 0.15) is 17.1 Å². The Labute approximate surface area is 199 Å². The molecule has 2 aromatic carbocycles. The molecule has 1 unspecified atom stereocenters. The lowest BCUT2D eigenvalue weighted by atomic mass is 9.72. The number of hydrogen-bond acceptors (Lipinski definition) is 7. The van der Waals surface area contributed by atoms with Crippen LogP contribution in [0.4, 0.5) is 0 Å². The Morgan fingerprint density at radius 3 is 2.29 bits per heavy atom. The van der Waals surface area contributed by atoms with Crippen LogP contribution in [0.15, 0.2) is 36.4 Å². The molecule has 1 aliphatic heterocycles. The van der Waals surface area contributed by atoms with E-state index in [4.69, 9.17) is 20.6 Å². The highest BCUT2D eigenvalue weighted by Gasteiger charge is 2.40. The van der Waals surface area contributed by atoms with Crippen LogP contribution in [0.3, 0.4) is 0 Å². The summed E-state index contributed by atoms with van der Waals surface area (Å²) >= 11 is 0. The maximum Gasteiger partial charge on any atom is 0.351 e. The first-order valence-electron chi connectivity index (χ1n) is 10.8. The molecule has 34 heavy (non-hydrogen) atoms. The fourth-order valence-electron chi connectivity index (χ4n) is 4.34. The summed E-state index contributed by atoms with van der Waals surface area (Å²) in [5.41, 5.74) is 1.38. The van der Waals surface area contributed by atoms with Crippen LogP contribution < -0.4 is 9.47 Å². The Morgan fingerprint density at radius 1 is 1.09 bits per heavy atom. The summed E-state index contributed by atoms with van der Waals surface area (Å²) in [5.74, 6) is 1.55. The van der Waals surface area contributed by atoms with Crippen molar-refractivity contribution in [2.24, 2.45) is 0 Å². The smallest absolute Gasteiger partial charge is 0.351 e. The summed E-state index contributed by atoms with van der Waals surface area (Å²) < 4.78 is 21.4. The normalized spacial score (nSPS) is 16.1. The zero-order valence-electron chi connectivity index (χ0n) is 20.2. The number of rotatable bonds is 5. The van der Waals surface area contributed by atoms with E-state index in [0.29, 0.717) is 22.4 Å². The van der Waals surface area contributed by atoms with E-state index in [0.717, 1.165) is 12.0 Å². The molecule has 0 N–H and O–H groups in total. The van der Waals surface area contributed by atoms with Crippen LogP contribution in [-0.2, 0) is 24.5 Å². The van der Waals surface area contributed by atoms with Gasteiger partial charge >= 0.3 is 17.9 Å². The molecule has 0 aliphatic carbocycles. The molecule has 0 spiro atoms.